The summed E-state index contributed by atoms with van der Waals surface area (Å²) < 4.78 is 0. The highest BCUT2D eigenvalue weighted by molar-refractivity contribution is 7.16. The predicted molar refractivity (Wildman–Crippen MR) is 94.2 cm³/mol. The van der Waals surface area contributed by atoms with E-state index in [-0.39, 0.29) is 0 Å². The Morgan fingerprint density at radius 2 is 2.00 bits per heavy atom. The normalized spacial score (nSPS) is 27.1. The molecule has 0 radical (unpaired) electrons. The van der Waals surface area contributed by atoms with Crippen LogP contribution in [0.3, 0.4) is 0 Å². The molecule has 0 bridgehead atoms. The molecule has 1 saturated carbocycles. The largest absolute Gasteiger partial charge is 0.367 e. The van der Waals surface area contributed by atoms with Crippen LogP contribution in [0, 0.1) is 0 Å². The second-order valence-electron chi connectivity index (χ2n) is 7.02. The van der Waals surface area contributed by atoms with Crippen LogP contribution in [0.4, 0.5) is 5.00 Å². The quantitative estimate of drug-likeness (QED) is 0.881. The van der Waals surface area contributed by atoms with Crippen LogP contribution in [0.25, 0.3) is 0 Å². The Balaban J connectivity index is 1.48. The first-order valence-electron chi connectivity index (χ1n) is 8.58. The standard InChI is InChI=1S/C17H26N4S/c1-21(2)12-8-6-11(7-9-12)20-16-15-13-4-3-5-14(13)22-17(15)19-10-18-16/h11-12,19H,3-10H2,1-2H3,(H,18,20). The van der Waals surface area contributed by atoms with Gasteiger partial charge in [0.1, 0.15) is 17.5 Å². The Kier molecular flexibility index (Phi) is 3.86. The van der Waals surface area contributed by atoms with Crippen LogP contribution in [0.5, 0.6) is 0 Å². The molecule has 2 N–H and O–H groups in total. The van der Waals surface area contributed by atoms with Crippen LogP contribution in [-0.2, 0) is 12.8 Å². The van der Waals surface area contributed by atoms with Gasteiger partial charge in [0.25, 0.3) is 0 Å². The summed E-state index contributed by atoms with van der Waals surface area (Å²) in [5.74, 6) is 1.17. The van der Waals surface area contributed by atoms with Gasteiger partial charge in [0.15, 0.2) is 0 Å². The number of aryl methyl sites for hydroxylation is 1. The maximum Gasteiger partial charge on any atom is 0.133 e. The van der Waals surface area contributed by atoms with Gasteiger partial charge in [-0.05, 0) is 64.6 Å². The van der Waals surface area contributed by atoms with Gasteiger partial charge in [-0.3, -0.25) is 0 Å². The van der Waals surface area contributed by atoms with Gasteiger partial charge in [0.05, 0.1) is 5.56 Å². The molecule has 0 amide bonds. The third kappa shape index (κ3) is 2.54. The monoisotopic (exact) mass is 318 g/mol. The van der Waals surface area contributed by atoms with E-state index < -0.39 is 0 Å². The number of anilines is 1. The van der Waals surface area contributed by atoms with E-state index in [1.165, 1.54) is 61.3 Å². The van der Waals surface area contributed by atoms with Gasteiger partial charge < -0.3 is 15.5 Å². The minimum atomic E-state index is 0.595. The summed E-state index contributed by atoms with van der Waals surface area (Å²) in [5, 5.41) is 8.60. The molecule has 0 spiro atoms. The molecule has 0 aromatic carbocycles. The number of thiophene rings is 1. The molecule has 1 aromatic heterocycles. The first-order valence-corrected chi connectivity index (χ1v) is 9.40. The van der Waals surface area contributed by atoms with Gasteiger partial charge in [-0.25, -0.2) is 4.99 Å². The fourth-order valence-corrected chi connectivity index (χ4v) is 5.38. The summed E-state index contributed by atoms with van der Waals surface area (Å²) in [6, 6.07) is 1.35. The maximum atomic E-state index is 4.76. The van der Waals surface area contributed by atoms with E-state index in [9.17, 15) is 0 Å². The molecule has 1 fully saturated rings. The molecule has 0 atom stereocenters. The molecule has 1 aromatic rings. The zero-order valence-electron chi connectivity index (χ0n) is 13.6. The van der Waals surface area contributed by atoms with Crippen molar-refractivity contribution in [3.63, 3.8) is 0 Å². The topological polar surface area (TPSA) is 39.7 Å². The average molecular weight is 318 g/mol. The highest BCUT2D eigenvalue weighted by Crippen LogP contribution is 2.40. The summed E-state index contributed by atoms with van der Waals surface area (Å²) in [6.45, 7) is 0.724. The summed E-state index contributed by atoms with van der Waals surface area (Å²) in [7, 11) is 4.41. The van der Waals surface area contributed by atoms with Gasteiger partial charge in [-0.15, -0.1) is 11.3 Å². The van der Waals surface area contributed by atoms with Crippen molar-refractivity contribution in [1.29, 1.82) is 0 Å². The predicted octanol–water partition coefficient (Wildman–Crippen LogP) is 2.83. The molecule has 2 heterocycles. The van der Waals surface area contributed by atoms with E-state index in [0.29, 0.717) is 6.04 Å². The van der Waals surface area contributed by atoms with Gasteiger partial charge >= 0.3 is 0 Å². The zero-order valence-corrected chi connectivity index (χ0v) is 14.4. The highest BCUT2D eigenvalue weighted by atomic mass is 32.1. The van der Waals surface area contributed by atoms with Crippen LogP contribution in [0.1, 0.15) is 48.1 Å². The third-order valence-corrected chi connectivity index (χ3v) is 6.65. The van der Waals surface area contributed by atoms with Crippen LogP contribution in [0.2, 0.25) is 0 Å². The van der Waals surface area contributed by atoms with E-state index in [0.717, 1.165) is 12.7 Å². The number of rotatable bonds is 2. The SMILES string of the molecule is CN(C)C1CCC(NC2=NCNc3sc4c(c32)CCC4)CC1. The van der Waals surface area contributed by atoms with Gasteiger partial charge in [-0.1, -0.05) is 0 Å². The summed E-state index contributed by atoms with van der Waals surface area (Å²) in [4.78, 5) is 8.72. The number of nitrogens with one attached hydrogen (secondary N) is 2. The van der Waals surface area contributed by atoms with E-state index in [1.807, 2.05) is 11.3 Å². The summed E-state index contributed by atoms with van der Waals surface area (Å²) in [5.41, 5.74) is 2.97. The fraction of sp³-hybridized carbons (Fsp3) is 0.706. The number of hydrogen-bond acceptors (Lipinski definition) is 5. The van der Waals surface area contributed by atoms with E-state index >= 15 is 0 Å². The van der Waals surface area contributed by atoms with Crippen LogP contribution >= 0.6 is 11.3 Å². The van der Waals surface area contributed by atoms with Crippen molar-refractivity contribution in [2.75, 3.05) is 26.1 Å². The first kappa shape index (κ1) is 14.5. The molecule has 0 saturated heterocycles. The van der Waals surface area contributed by atoms with Crippen LogP contribution < -0.4 is 10.6 Å². The summed E-state index contributed by atoms with van der Waals surface area (Å²) in [6.07, 6.45) is 8.92. The molecule has 5 heteroatoms. The number of nitrogens with zero attached hydrogens (tertiary/aromatic N) is 2. The smallest absolute Gasteiger partial charge is 0.133 e. The third-order valence-electron chi connectivity index (χ3n) is 5.40. The van der Waals surface area contributed by atoms with E-state index in [1.54, 1.807) is 10.4 Å². The van der Waals surface area contributed by atoms with Crippen LogP contribution in [0.15, 0.2) is 4.99 Å². The Hall–Kier alpha value is -1.07. The number of amidine groups is 1. The van der Waals surface area contributed by atoms with Gasteiger partial charge in [0, 0.05) is 17.0 Å². The minimum Gasteiger partial charge on any atom is -0.367 e. The highest BCUT2D eigenvalue weighted by Gasteiger charge is 2.29. The molecule has 3 aliphatic rings. The summed E-state index contributed by atoms with van der Waals surface area (Å²) >= 11 is 1.96. The maximum absolute atomic E-state index is 4.76. The second-order valence-corrected chi connectivity index (χ2v) is 8.12. The molecule has 120 valence electrons. The number of hydrogen-bond donors (Lipinski definition) is 2. The Labute approximate surface area is 137 Å². The minimum absolute atomic E-state index is 0.595. The molecular weight excluding hydrogens is 292 g/mol. The lowest BCUT2D eigenvalue weighted by atomic mass is 9.90. The first-order chi connectivity index (χ1) is 10.7. The lowest BCUT2D eigenvalue weighted by molar-refractivity contribution is 0.211. The Morgan fingerprint density at radius 3 is 2.77 bits per heavy atom. The Morgan fingerprint density at radius 1 is 1.18 bits per heavy atom. The van der Waals surface area contributed by atoms with Crippen molar-refractivity contribution < 1.29 is 0 Å². The van der Waals surface area contributed by atoms with Crippen molar-refractivity contribution in [1.82, 2.24) is 10.2 Å². The molecular formula is C17H26N4S. The molecule has 1 aliphatic heterocycles. The van der Waals surface area contributed by atoms with Crippen molar-refractivity contribution in [3.05, 3.63) is 16.0 Å². The molecule has 4 nitrogen and oxygen atoms in total. The average Bonchev–Trinajstić information content (AvgIpc) is 3.08. The van der Waals surface area contributed by atoms with Gasteiger partial charge in [0.2, 0.25) is 0 Å². The van der Waals surface area contributed by atoms with Crippen molar-refractivity contribution in [2.45, 2.75) is 57.0 Å². The van der Waals surface area contributed by atoms with E-state index in [4.69, 9.17) is 4.99 Å². The fourth-order valence-electron chi connectivity index (χ4n) is 4.10. The number of aliphatic imine (C=N–C) groups is 1. The lowest BCUT2D eigenvalue weighted by Gasteiger charge is -2.34. The van der Waals surface area contributed by atoms with Crippen LogP contribution in [-0.4, -0.2) is 43.6 Å². The Bertz CT molecular complexity index is 582. The molecule has 0 unspecified atom stereocenters. The number of fused-ring (bicyclic) bond motifs is 3. The second kappa shape index (κ2) is 5.85. The molecule has 22 heavy (non-hydrogen) atoms. The lowest BCUT2D eigenvalue weighted by Crippen LogP contribution is -2.43. The van der Waals surface area contributed by atoms with Crippen molar-refractivity contribution in [2.24, 2.45) is 4.99 Å². The van der Waals surface area contributed by atoms with E-state index in [2.05, 4.69) is 29.6 Å². The van der Waals surface area contributed by atoms with Gasteiger partial charge in [-0.2, -0.15) is 0 Å². The van der Waals surface area contributed by atoms with Crippen molar-refractivity contribution >= 4 is 22.2 Å². The van der Waals surface area contributed by atoms with Crippen molar-refractivity contribution in [3.8, 4) is 0 Å². The zero-order chi connectivity index (χ0) is 15.1. The molecule has 4 rings (SSSR count). The molecule has 2 aliphatic carbocycles.